The van der Waals surface area contributed by atoms with Crippen molar-refractivity contribution in [2.24, 2.45) is 0 Å². The normalized spacial score (nSPS) is 37.9. The van der Waals surface area contributed by atoms with Gasteiger partial charge in [-0.05, 0) is 44.4 Å². The second-order valence-corrected chi connectivity index (χ2v) is 6.06. The van der Waals surface area contributed by atoms with Crippen LogP contribution in [0.25, 0.3) is 0 Å². The lowest BCUT2D eigenvalue weighted by atomic mass is 9.62. The summed E-state index contributed by atoms with van der Waals surface area (Å²) in [4.78, 5) is 2.53. The van der Waals surface area contributed by atoms with Crippen molar-refractivity contribution in [1.82, 2.24) is 4.90 Å². The van der Waals surface area contributed by atoms with Crippen molar-refractivity contribution in [2.75, 3.05) is 18.9 Å². The van der Waals surface area contributed by atoms with Gasteiger partial charge in [-0.3, -0.25) is 4.90 Å². The lowest BCUT2D eigenvalue weighted by Gasteiger charge is -2.49. The summed E-state index contributed by atoms with van der Waals surface area (Å²) < 4.78 is 0. The Hall–Kier alpha value is -1.28. The highest BCUT2D eigenvalue weighted by Crippen LogP contribution is 2.62. The number of fused-ring (bicyclic) bond motifs is 1. The van der Waals surface area contributed by atoms with Crippen molar-refractivity contribution in [3.8, 4) is 0 Å². The molecule has 94 valence electrons. The number of likely N-dealkylation sites (tertiary alicyclic amines) is 1. The van der Waals surface area contributed by atoms with Crippen LogP contribution in [0.15, 0.2) is 36.4 Å². The lowest BCUT2D eigenvalue weighted by molar-refractivity contribution is 0.130. The van der Waals surface area contributed by atoms with E-state index in [9.17, 15) is 0 Å². The Morgan fingerprint density at radius 1 is 1.28 bits per heavy atom. The van der Waals surface area contributed by atoms with Crippen molar-refractivity contribution in [2.45, 2.75) is 36.8 Å². The molecule has 2 heteroatoms. The summed E-state index contributed by atoms with van der Waals surface area (Å²) in [5, 5.41) is 3.85. The molecule has 2 heterocycles. The maximum absolute atomic E-state index is 4.45. The van der Waals surface area contributed by atoms with E-state index in [2.05, 4.69) is 48.1 Å². The molecule has 18 heavy (non-hydrogen) atoms. The monoisotopic (exact) mass is 240 g/mol. The number of rotatable bonds is 0. The molecule has 0 radical (unpaired) electrons. The fraction of sp³-hybridized carbons (Fsp3) is 0.500. The molecule has 2 aliphatic heterocycles. The minimum atomic E-state index is 0.103. The van der Waals surface area contributed by atoms with Crippen LogP contribution in [0.1, 0.15) is 31.2 Å². The van der Waals surface area contributed by atoms with E-state index in [0.29, 0.717) is 0 Å². The number of nitrogens with zero attached hydrogens (tertiary/aromatic N) is 1. The van der Waals surface area contributed by atoms with Crippen molar-refractivity contribution < 1.29 is 0 Å². The Morgan fingerprint density at radius 2 is 2.11 bits per heavy atom. The van der Waals surface area contributed by atoms with Crippen molar-refractivity contribution in [3.63, 3.8) is 0 Å². The Morgan fingerprint density at radius 3 is 3.00 bits per heavy atom. The van der Waals surface area contributed by atoms with Crippen LogP contribution < -0.4 is 5.32 Å². The third-order valence-corrected chi connectivity index (χ3v) is 5.53. The van der Waals surface area contributed by atoms with Crippen molar-refractivity contribution in [3.05, 3.63) is 42.0 Å². The summed E-state index contributed by atoms with van der Waals surface area (Å²) in [6, 6.07) is 8.84. The summed E-state index contributed by atoms with van der Waals surface area (Å²) in [6.07, 6.45) is 4.89. The Balaban J connectivity index is 2.02. The summed E-state index contributed by atoms with van der Waals surface area (Å²) in [5.74, 6) is 0. The van der Waals surface area contributed by atoms with Crippen molar-refractivity contribution in [1.29, 1.82) is 0 Å². The predicted octanol–water partition coefficient (Wildman–Crippen LogP) is 3.12. The first-order valence-electron chi connectivity index (χ1n) is 6.98. The van der Waals surface area contributed by atoms with Gasteiger partial charge >= 0.3 is 0 Å². The van der Waals surface area contributed by atoms with E-state index in [1.54, 1.807) is 0 Å². The van der Waals surface area contributed by atoms with E-state index in [0.717, 1.165) is 0 Å². The average molecular weight is 240 g/mol. The van der Waals surface area contributed by atoms with Gasteiger partial charge in [0.1, 0.15) is 5.66 Å². The summed E-state index contributed by atoms with van der Waals surface area (Å²) in [6.45, 7) is 5.62. The van der Waals surface area contributed by atoms with Gasteiger partial charge in [0.15, 0.2) is 0 Å². The van der Waals surface area contributed by atoms with Gasteiger partial charge in [-0.2, -0.15) is 0 Å². The molecule has 2 nitrogen and oxygen atoms in total. The van der Waals surface area contributed by atoms with Gasteiger partial charge in [0.05, 0.1) is 5.41 Å². The van der Waals surface area contributed by atoms with Crippen LogP contribution in [0.3, 0.4) is 0 Å². The predicted molar refractivity (Wildman–Crippen MR) is 74.7 cm³/mol. The van der Waals surface area contributed by atoms with Crippen LogP contribution >= 0.6 is 0 Å². The maximum Gasteiger partial charge on any atom is 0.104 e. The van der Waals surface area contributed by atoms with E-state index in [4.69, 9.17) is 0 Å². The van der Waals surface area contributed by atoms with E-state index >= 15 is 0 Å². The van der Waals surface area contributed by atoms with Crippen LogP contribution in [-0.2, 0) is 5.41 Å². The third kappa shape index (κ3) is 0.925. The number of benzene rings is 1. The zero-order chi connectivity index (χ0) is 12.4. The van der Waals surface area contributed by atoms with Crippen LogP contribution in [-0.4, -0.2) is 24.2 Å². The molecule has 1 saturated carbocycles. The van der Waals surface area contributed by atoms with Crippen LogP contribution in [0, 0.1) is 0 Å². The van der Waals surface area contributed by atoms with Gasteiger partial charge in [0.2, 0.25) is 0 Å². The quantitative estimate of drug-likeness (QED) is 0.701. The van der Waals surface area contributed by atoms with Gasteiger partial charge in [-0.15, -0.1) is 0 Å². The topological polar surface area (TPSA) is 15.3 Å². The highest BCUT2D eigenvalue weighted by molar-refractivity contribution is 5.69. The summed E-state index contributed by atoms with van der Waals surface area (Å²) >= 11 is 0. The van der Waals surface area contributed by atoms with E-state index < -0.39 is 0 Å². The highest BCUT2D eigenvalue weighted by atomic mass is 15.4. The molecule has 0 amide bonds. The Bertz CT molecular complexity index is 536. The van der Waals surface area contributed by atoms with E-state index in [1.165, 1.54) is 49.1 Å². The first-order chi connectivity index (χ1) is 8.71. The Labute approximate surface area is 109 Å². The average Bonchev–Trinajstić information content (AvgIpc) is 2.83. The number of likely N-dealkylation sites (N-methyl/N-ethyl adjacent to an activating group) is 1. The van der Waals surface area contributed by atoms with Gasteiger partial charge < -0.3 is 5.32 Å². The molecule has 1 N–H and O–H groups in total. The third-order valence-electron chi connectivity index (χ3n) is 5.53. The van der Waals surface area contributed by atoms with E-state index in [-0.39, 0.29) is 11.1 Å². The molecule has 1 aromatic rings. The van der Waals surface area contributed by atoms with Gasteiger partial charge in [-0.25, -0.2) is 0 Å². The molecule has 0 spiro atoms. The molecule has 3 aliphatic rings. The Kier molecular flexibility index (Phi) is 1.88. The molecule has 0 bridgehead atoms. The molecule has 4 rings (SSSR count). The number of hydrogen-bond donors (Lipinski definition) is 1. The number of anilines is 1. The van der Waals surface area contributed by atoms with Crippen molar-refractivity contribution >= 4 is 5.69 Å². The molecule has 1 aromatic carbocycles. The molecule has 1 aliphatic carbocycles. The molecular formula is C16H20N2. The molecule has 1 saturated heterocycles. The molecule has 0 unspecified atom stereocenters. The van der Waals surface area contributed by atoms with Gasteiger partial charge in [0.25, 0.3) is 0 Å². The molecular weight excluding hydrogens is 220 g/mol. The zero-order valence-electron chi connectivity index (χ0n) is 11.0. The smallest absolute Gasteiger partial charge is 0.104 e. The molecule has 2 atom stereocenters. The summed E-state index contributed by atoms with van der Waals surface area (Å²) in [5.41, 5.74) is 4.52. The number of para-hydroxylation sites is 1. The molecule has 0 aromatic heterocycles. The largest absolute Gasteiger partial charge is 0.366 e. The number of hydrogen-bond acceptors (Lipinski definition) is 2. The van der Waals surface area contributed by atoms with Gasteiger partial charge in [-0.1, -0.05) is 30.4 Å². The minimum absolute atomic E-state index is 0.103. The fourth-order valence-corrected chi connectivity index (χ4v) is 4.70. The van der Waals surface area contributed by atoms with E-state index in [1.807, 2.05) is 0 Å². The summed E-state index contributed by atoms with van der Waals surface area (Å²) in [7, 11) is 2.26. The first-order valence-corrected chi connectivity index (χ1v) is 6.98. The van der Waals surface area contributed by atoms with Gasteiger partial charge in [0, 0.05) is 12.2 Å². The van der Waals surface area contributed by atoms with Crippen LogP contribution in [0.5, 0.6) is 0 Å². The maximum atomic E-state index is 4.45. The second kappa shape index (κ2) is 3.18. The highest BCUT2D eigenvalue weighted by Gasteiger charge is 2.65. The second-order valence-electron chi connectivity index (χ2n) is 6.06. The first kappa shape index (κ1) is 10.6. The minimum Gasteiger partial charge on any atom is -0.366 e. The molecule has 2 fully saturated rings. The van der Waals surface area contributed by atoms with Crippen LogP contribution in [0.2, 0.25) is 0 Å². The fourth-order valence-electron chi connectivity index (χ4n) is 4.70. The number of nitrogens with one attached hydrogen (secondary N) is 1. The standard InChI is InChI=1S/C16H20N2/c1-12-6-5-9-16-15(12,10-11-18(16)2)13-7-3-4-8-14(13)17-16/h3-4,7-8,17H,1,5-6,9-11H2,2H3/t15-,16+/m0/s1. The SMILES string of the molecule is C=C1CCC[C@]23Nc4ccccc4[C@]12CCN3C. The van der Waals surface area contributed by atoms with Crippen LogP contribution in [0.4, 0.5) is 5.69 Å². The zero-order valence-corrected chi connectivity index (χ0v) is 11.0. The lowest BCUT2D eigenvalue weighted by Crippen LogP contribution is -2.59.